The normalized spacial score (nSPS) is 25.8. The molecule has 0 bridgehead atoms. The number of hydrogen-bond acceptors (Lipinski definition) is 2. The Morgan fingerprint density at radius 2 is 2.00 bits per heavy atom. The number of aliphatic hydroxyl groups is 2. The summed E-state index contributed by atoms with van der Waals surface area (Å²) in [6.07, 6.45) is 1.21. The summed E-state index contributed by atoms with van der Waals surface area (Å²) in [5.41, 5.74) is 1.19. The SMILES string of the molecule is O[C@@H]1c2cc(F)ccc2C=C[C@@H]1O. The standard InChI is InChI=1S/C10H9FO2/c11-7-3-1-6-2-4-9(12)10(13)8(6)5-7/h1-5,9-10,12-13H/t9-,10+/m0/s1. The van der Waals surface area contributed by atoms with Gasteiger partial charge in [0.1, 0.15) is 18.0 Å². The minimum Gasteiger partial charge on any atom is -0.386 e. The molecule has 1 aromatic rings. The second-order valence-corrected chi connectivity index (χ2v) is 3.07. The van der Waals surface area contributed by atoms with Crippen LogP contribution < -0.4 is 0 Å². The maximum atomic E-state index is 12.8. The maximum Gasteiger partial charge on any atom is 0.123 e. The van der Waals surface area contributed by atoms with Crippen molar-refractivity contribution in [1.29, 1.82) is 0 Å². The van der Waals surface area contributed by atoms with Crippen LogP contribution in [-0.4, -0.2) is 16.3 Å². The molecule has 0 radical (unpaired) electrons. The molecule has 2 rings (SSSR count). The Morgan fingerprint density at radius 3 is 2.77 bits per heavy atom. The molecule has 3 heteroatoms. The van der Waals surface area contributed by atoms with Crippen molar-refractivity contribution in [2.24, 2.45) is 0 Å². The Hall–Kier alpha value is -1.19. The van der Waals surface area contributed by atoms with E-state index in [9.17, 15) is 14.6 Å². The maximum absolute atomic E-state index is 12.8. The van der Waals surface area contributed by atoms with Crippen LogP contribution in [-0.2, 0) is 0 Å². The number of benzene rings is 1. The van der Waals surface area contributed by atoms with Gasteiger partial charge < -0.3 is 10.2 Å². The van der Waals surface area contributed by atoms with Gasteiger partial charge in [0.15, 0.2) is 0 Å². The van der Waals surface area contributed by atoms with Gasteiger partial charge in [-0.05, 0) is 23.3 Å². The van der Waals surface area contributed by atoms with Crippen LogP contribution in [0.5, 0.6) is 0 Å². The third-order valence-electron chi connectivity index (χ3n) is 2.16. The van der Waals surface area contributed by atoms with E-state index in [2.05, 4.69) is 0 Å². The quantitative estimate of drug-likeness (QED) is 0.630. The molecule has 0 spiro atoms. The van der Waals surface area contributed by atoms with Crippen molar-refractivity contribution in [3.05, 3.63) is 41.2 Å². The van der Waals surface area contributed by atoms with Crippen LogP contribution in [0.15, 0.2) is 24.3 Å². The zero-order valence-corrected chi connectivity index (χ0v) is 6.81. The van der Waals surface area contributed by atoms with E-state index in [1.807, 2.05) is 0 Å². The molecular formula is C10H9FO2. The Labute approximate surface area is 74.9 Å². The second kappa shape index (κ2) is 2.94. The fraction of sp³-hybridized carbons (Fsp3) is 0.200. The zero-order valence-electron chi connectivity index (χ0n) is 6.81. The molecule has 0 saturated heterocycles. The lowest BCUT2D eigenvalue weighted by molar-refractivity contribution is 0.0468. The molecule has 1 aliphatic rings. The molecule has 2 nitrogen and oxygen atoms in total. The predicted molar refractivity (Wildman–Crippen MR) is 46.4 cm³/mol. The van der Waals surface area contributed by atoms with Gasteiger partial charge in [-0.25, -0.2) is 4.39 Å². The van der Waals surface area contributed by atoms with E-state index >= 15 is 0 Å². The minimum atomic E-state index is -1.02. The van der Waals surface area contributed by atoms with E-state index in [1.165, 1.54) is 18.2 Å². The van der Waals surface area contributed by atoms with E-state index in [0.29, 0.717) is 5.56 Å². The third-order valence-corrected chi connectivity index (χ3v) is 2.16. The number of aliphatic hydroxyl groups excluding tert-OH is 2. The van der Waals surface area contributed by atoms with Crippen LogP contribution in [0.3, 0.4) is 0 Å². The van der Waals surface area contributed by atoms with Gasteiger partial charge >= 0.3 is 0 Å². The molecular weight excluding hydrogens is 171 g/mol. The van der Waals surface area contributed by atoms with Gasteiger partial charge in [0.05, 0.1) is 0 Å². The fourth-order valence-electron chi connectivity index (χ4n) is 1.45. The van der Waals surface area contributed by atoms with Crippen LogP contribution >= 0.6 is 0 Å². The molecule has 1 aliphatic carbocycles. The first-order chi connectivity index (χ1) is 6.18. The molecule has 0 aliphatic heterocycles. The van der Waals surface area contributed by atoms with Gasteiger partial charge in [-0.2, -0.15) is 0 Å². The summed E-state index contributed by atoms with van der Waals surface area (Å²) < 4.78 is 12.8. The second-order valence-electron chi connectivity index (χ2n) is 3.07. The minimum absolute atomic E-state index is 0.402. The summed E-state index contributed by atoms with van der Waals surface area (Å²) in [5, 5.41) is 18.7. The van der Waals surface area contributed by atoms with Crippen molar-refractivity contribution in [2.45, 2.75) is 12.2 Å². The summed E-state index contributed by atoms with van der Waals surface area (Å²) in [6.45, 7) is 0. The molecule has 0 unspecified atom stereocenters. The van der Waals surface area contributed by atoms with Gasteiger partial charge in [-0.15, -0.1) is 0 Å². The molecule has 1 aromatic carbocycles. The van der Waals surface area contributed by atoms with Crippen molar-refractivity contribution in [3.8, 4) is 0 Å². The molecule has 0 fully saturated rings. The van der Waals surface area contributed by atoms with Gasteiger partial charge in [0.25, 0.3) is 0 Å². The van der Waals surface area contributed by atoms with E-state index in [-0.39, 0.29) is 0 Å². The lowest BCUT2D eigenvalue weighted by Gasteiger charge is -2.21. The van der Waals surface area contributed by atoms with Crippen molar-refractivity contribution in [3.63, 3.8) is 0 Å². The number of rotatable bonds is 0. The average molecular weight is 180 g/mol. The Balaban J connectivity index is 2.54. The Bertz CT molecular complexity index is 360. The highest BCUT2D eigenvalue weighted by Crippen LogP contribution is 2.28. The number of fused-ring (bicyclic) bond motifs is 1. The first-order valence-electron chi connectivity index (χ1n) is 4.02. The molecule has 0 aromatic heterocycles. The van der Waals surface area contributed by atoms with Crippen LogP contribution in [0.25, 0.3) is 6.08 Å². The fourth-order valence-corrected chi connectivity index (χ4v) is 1.45. The van der Waals surface area contributed by atoms with Gasteiger partial charge in [-0.1, -0.05) is 18.2 Å². The van der Waals surface area contributed by atoms with Gasteiger partial charge in [0.2, 0.25) is 0 Å². The molecule has 13 heavy (non-hydrogen) atoms. The Morgan fingerprint density at radius 1 is 1.23 bits per heavy atom. The summed E-state index contributed by atoms with van der Waals surface area (Å²) >= 11 is 0. The molecule has 0 saturated carbocycles. The van der Waals surface area contributed by atoms with Crippen molar-refractivity contribution in [2.75, 3.05) is 0 Å². The van der Waals surface area contributed by atoms with Crippen LogP contribution in [0.2, 0.25) is 0 Å². The topological polar surface area (TPSA) is 40.5 Å². The summed E-state index contributed by atoms with van der Waals surface area (Å²) in [5.74, 6) is -0.402. The van der Waals surface area contributed by atoms with Crippen molar-refractivity contribution < 1.29 is 14.6 Å². The van der Waals surface area contributed by atoms with E-state index in [1.54, 1.807) is 12.1 Å². The van der Waals surface area contributed by atoms with Crippen LogP contribution in [0.4, 0.5) is 4.39 Å². The third kappa shape index (κ3) is 1.36. The zero-order chi connectivity index (χ0) is 9.42. The van der Waals surface area contributed by atoms with Gasteiger partial charge in [0, 0.05) is 0 Å². The highest BCUT2D eigenvalue weighted by Gasteiger charge is 2.22. The van der Waals surface area contributed by atoms with Gasteiger partial charge in [-0.3, -0.25) is 0 Å². The first kappa shape index (κ1) is 8.41. The van der Waals surface area contributed by atoms with E-state index in [4.69, 9.17) is 0 Å². The van der Waals surface area contributed by atoms with Crippen molar-refractivity contribution in [1.82, 2.24) is 0 Å². The largest absolute Gasteiger partial charge is 0.386 e. The molecule has 68 valence electrons. The average Bonchev–Trinajstić information content (AvgIpc) is 2.12. The summed E-state index contributed by atoms with van der Waals surface area (Å²) in [7, 11) is 0. The number of halogens is 1. The lowest BCUT2D eigenvalue weighted by atomic mass is 9.93. The summed E-state index contributed by atoms with van der Waals surface area (Å²) in [6, 6.07) is 4.15. The lowest BCUT2D eigenvalue weighted by Crippen LogP contribution is -2.19. The molecule has 0 heterocycles. The van der Waals surface area contributed by atoms with E-state index < -0.39 is 18.0 Å². The highest BCUT2D eigenvalue weighted by molar-refractivity contribution is 5.58. The monoisotopic (exact) mass is 180 g/mol. The predicted octanol–water partition coefficient (Wildman–Crippen LogP) is 1.25. The van der Waals surface area contributed by atoms with Crippen LogP contribution in [0, 0.1) is 5.82 Å². The molecule has 2 N–H and O–H groups in total. The van der Waals surface area contributed by atoms with E-state index in [0.717, 1.165) is 5.56 Å². The number of hydrogen-bond donors (Lipinski definition) is 2. The molecule has 2 atom stereocenters. The molecule has 0 amide bonds. The smallest absolute Gasteiger partial charge is 0.123 e. The highest BCUT2D eigenvalue weighted by atomic mass is 19.1. The van der Waals surface area contributed by atoms with Crippen molar-refractivity contribution >= 4 is 6.08 Å². The first-order valence-corrected chi connectivity index (χ1v) is 4.02. The Kier molecular flexibility index (Phi) is 1.90. The van der Waals surface area contributed by atoms with Crippen LogP contribution in [0.1, 0.15) is 17.2 Å². The summed E-state index contributed by atoms with van der Waals surface area (Å²) in [4.78, 5) is 0.